The summed E-state index contributed by atoms with van der Waals surface area (Å²) in [6.07, 6.45) is 0.0665. The van der Waals surface area contributed by atoms with Crippen molar-refractivity contribution in [2.45, 2.75) is 13.3 Å². The van der Waals surface area contributed by atoms with Gasteiger partial charge in [-0.15, -0.1) is 0 Å². The van der Waals surface area contributed by atoms with Gasteiger partial charge in [0.25, 0.3) is 0 Å². The van der Waals surface area contributed by atoms with Gasteiger partial charge in [0.1, 0.15) is 11.6 Å². The Balaban J connectivity index is 1.73. The van der Waals surface area contributed by atoms with Crippen molar-refractivity contribution in [3.05, 3.63) is 41.8 Å². The Labute approximate surface area is 132 Å². The third kappa shape index (κ3) is 2.94. The van der Waals surface area contributed by atoms with E-state index in [1.165, 1.54) is 17.0 Å². The topological polar surface area (TPSA) is 67.2 Å². The van der Waals surface area contributed by atoms with Gasteiger partial charge in [0.05, 0.1) is 17.3 Å². The maximum atomic E-state index is 13.8. The van der Waals surface area contributed by atoms with Gasteiger partial charge < -0.3 is 10.2 Å². The number of rotatable bonds is 3. The Morgan fingerprint density at radius 2 is 2.13 bits per heavy atom. The molecule has 6 nitrogen and oxygen atoms in total. The number of aromatic nitrogens is 2. The zero-order valence-electron chi connectivity index (χ0n) is 12.9. The zero-order valence-corrected chi connectivity index (χ0v) is 12.9. The molecule has 7 heteroatoms. The van der Waals surface area contributed by atoms with Crippen molar-refractivity contribution in [2.75, 3.05) is 16.8 Å². The van der Waals surface area contributed by atoms with E-state index < -0.39 is 11.7 Å². The number of benzene rings is 1. The van der Waals surface area contributed by atoms with Crippen LogP contribution in [0.3, 0.4) is 0 Å². The Hall–Kier alpha value is -2.70. The smallest absolute Gasteiger partial charge is 0.230 e. The molecule has 3 rings (SSSR count). The molecule has 0 aliphatic carbocycles. The van der Waals surface area contributed by atoms with Gasteiger partial charge in [-0.05, 0) is 19.1 Å². The molecule has 2 amide bonds. The molecule has 2 aromatic rings. The summed E-state index contributed by atoms with van der Waals surface area (Å²) in [5, 5.41) is 6.92. The van der Waals surface area contributed by atoms with Gasteiger partial charge in [0, 0.05) is 26.1 Å². The van der Waals surface area contributed by atoms with Crippen LogP contribution in [0.15, 0.2) is 30.3 Å². The number of halogens is 1. The molecule has 1 saturated heterocycles. The van der Waals surface area contributed by atoms with Crippen LogP contribution in [0.4, 0.5) is 15.9 Å². The molecule has 2 heterocycles. The molecule has 1 aromatic carbocycles. The summed E-state index contributed by atoms with van der Waals surface area (Å²) >= 11 is 0. The van der Waals surface area contributed by atoms with Crippen LogP contribution in [0.1, 0.15) is 12.1 Å². The fraction of sp³-hybridized carbons (Fsp3) is 0.312. The first-order valence-electron chi connectivity index (χ1n) is 7.32. The number of hydrogen-bond acceptors (Lipinski definition) is 3. The highest BCUT2D eigenvalue weighted by molar-refractivity contribution is 6.03. The maximum Gasteiger partial charge on any atom is 0.230 e. The number of nitrogens with one attached hydrogen (secondary N) is 1. The lowest BCUT2D eigenvalue weighted by Gasteiger charge is -2.17. The summed E-state index contributed by atoms with van der Waals surface area (Å²) in [4.78, 5) is 25.8. The van der Waals surface area contributed by atoms with E-state index in [1.54, 1.807) is 29.9 Å². The number of anilines is 2. The first kappa shape index (κ1) is 15.2. The van der Waals surface area contributed by atoms with Crippen LogP contribution in [-0.4, -0.2) is 28.1 Å². The van der Waals surface area contributed by atoms with Gasteiger partial charge in [-0.2, -0.15) is 5.10 Å². The van der Waals surface area contributed by atoms with Crippen LogP contribution in [0.25, 0.3) is 0 Å². The molecule has 0 saturated carbocycles. The second-order valence-corrected chi connectivity index (χ2v) is 5.64. The third-order valence-corrected chi connectivity index (χ3v) is 3.89. The summed E-state index contributed by atoms with van der Waals surface area (Å²) in [7, 11) is 1.73. The Kier molecular flexibility index (Phi) is 3.85. The van der Waals surface area contributed by atoms with Gasteiger partial charge in [0.2, 0.25) is 11.8 Å². The van der Waals surface area contributed by atoms with E-state index in [4.69, 9.17) is 0 Å². The molecule has 0 radical (unpaired) electrons. The van der Waals surface area contributed by atoms with Crippen molar-refractivity contribution in [3.8, 4) is 0 Å². The predicted octanol–water partition coefficient (Wildman–Crippen LogP) is 1.86. The monoisotopic (exact) mass is 316 g/mol. The van der Waals surface area contributed by atoms with Gasteiger partial charge in [0.15, 0.2) is 0 Å². The highest BCUT2D eigenvalue weighted by Crippen LogP contribution is 2.28. The second kappa shape index (κ2) is 5.83. The summed E-state index contributed by atoms with van der Waals surface area (Å²) in [6.45, 7) is 2.00. The molecule has 0 unspecified atom stereocenters. The Morgan fingerprint density at radius 3 is 2.78 bits per heavy atom. The molecule has 1 aliphatic heterocycles. The van der Waals surface area contributed by atoms with Crippen LogP contribution >= 0.6 is 0 Å². The fourth-order valence-electron chi connectivity index (χ4n) is 2.74. The molecule has 0 spiro atoms. The minimum atomic E-state index is -0.516. The van der Waals surface area contributed by atoms with Crippen LogP contribution in [0.5, 0.6) is 0 Å². The van der Waals surface area contributed by atoms with Crippen LogP contribution in [0.2, 0.25) is 0 Å². The van der Waals surface area contributed by atoms with Crippen molar-refractivity contribution < 1.29 is 14.0 Å². The number of hydrogen-bond donors (Lipinski definition) is 1. The Morgan fingerprint density at radius 1 is 1.39 bits per heavy atom. The lowest BCUT2D eigenvalue weighted by molar-refractivity contribution is -0.122. The minimum Gasteiger partial charge on any atom is -0.311 e. The molecular formula is C16H17FN4O2. The quantitative estimate of drug-likeness (QED) is 0.940. The van der Waals surface area contributed by atoms with Gasteiger partial charge in [-0.3, -0.25) is 14.3 Å². The van der Waals surface area contributed by atoms with Crippen LogP contribution in [-0.2, 0) is 16.6 Å². The van der Waals surface area contributed by atoms with E-state index in [9.17, 15) is 14.0 Å². The van der Waals surface area contributed by atoms with E-state index >= 15 is 0 Å². The molecule has 1 N–H and O–H groups in total. The minimum absolute atomic E-state index is 0.0665. The standard InChI is InChI=1S/C16H17FN4O2/c1-10-7-14(20(2)19-10)18-16(23)11-8-15(22)21(9-11)13-6-4-3-5-12(13)17/h3-7,11H,8-9H2,1-2H3,(H,18,23)/t11-/m0/s1. The van der Waals surface area contributed by atoms with Crippen molar-refractivity contribution in [3.63, 3.8) is 0 Å². The average Bonchev–Trinajstić information content (AvgIpc) is 3.02. The lowest BCUT2D eigenvalue weighted by atomic mass is 10.1. The van der Waals surface area contributed by atoms with E-state index in [-0.39, 0.29) is 30.5 Å². The van der Waals surface area contributed by atoms with Crippen molar-refractivity contribution in [1.82, 2.24) is 9.78 Å². The van der Waals surface area contributed by atoms with E-state index in [2.05, 4.69) is 10.4 Å². The lowest BCUT2D eigenvalue weighted by Crippen LogP contribution is -2.29. The summed E-state index contributed by atoms with van der Waals surface area (Å²) in [5.41, 5.74) is 1.00. The van der Waals surface area contributed by atoms with E-state index in [1.807, 2.05) is 6.92 Å². The summed E-state index contributed by atoms with van der Waals surface area (Å²) < 4.78 is 15.4. The normalized spacial score (nSPS) is 17.6. The van der Waals surface area contributed by atoms with E-state index in [0.717, 1.165) is 5.69 Å². The summed E-state index contributed by atoms with van der Waals surface area (Å²) in [6, 6.07) is 7.82. The van der Waals surface area contributed by atoms with Gasteiger partial charge in [-0.25, -0.2) is 4.39 Å². The predicted molar refractivity (Wildman–Crippen MR) is 83.4 cm³/mol. The molecule has 0 bridgehead atoms. The van der Waals surface area contributed by atoms with Crippen LogP contribution in [0, 0.1) is 18.7 Å². The molecule has 1 aliphatic rings. The summed E-state index contributed by atoms with van der Waals surface area (Å²) in [5.74, 6) is -0.928. The number of para-hydroxylation sites is 1. The zero-order chi connectivity index (χ0) is 16.6. The van der Waals surface area contributed by atoms with Crippen LogP contribution < -0.4 is 10.2 Å². The molecule has 120 valence electrons. The fourth-order valence-corrected chi connectivity index (χ4v) is 2.74. The molecule has 23 heavy (non-hydrogen) atoms. The first-order valence-corrected chi connectivity index (χ1v) is 7.32. The number of amides is 2. The average molecular weight is 316 g/mol. The third-order valence-electron chi connectivity index (χ3n) is 3.89. The van der Waals surface area contributed by atoms with E-state index in [0.29, 0.717) is 5.82 Å². The SMILES string of the molecule is Cc1cc(NC(=O)[C@H]2CC(=O)N(c3ccccc3F)C2)n(C)n1. The number of carbonyl (C=O) groups is 2. The van der Waals surface area contributed by atoms with Gasteiger partial charge >= 0.3 is 0 Å². The highest BCUT2D eigenvalue weighted by Gasteiger charge is 2.36. The highest BCUT2D eigenvalue weighted by atomic mass is 19.1. The maximum absolute atomic E-state index is 13.8. The van der Waals surface area contributed by atoms with Gasteiger partial charge in [-0.1, -0.05) is 12.1 Å². The first-order chi connectivity index (χ1) is 11.0. The number of nitrogens with zero attached hydrogens (tertiary/aromatic N) is 3. The van der Waals surface area contributed by atoms with Crippen molar-refractivity contribution in [1.29, 1.82) is 0 Å². The number of aryl methyl sites for hydroxylation is 2. The Bertz CT molecular complexity index is 771. The molecule has 1 atom stereocenters. The molecule has 1 aromatic heterocycles. The van der Waals surface area contributed by atoms with Crippen molar-refractivity contribution in [2.24, 2.45) is 13.0 Å². The second-order valence-electron chi connectivity index (χ2n) is 5.64. The molecular weight excluding hydrogens is 299 g/mol. The number of carbonyl (C=O) groups excluding carboxylic acids is 2. The molecule has 1 fully saturated rings. The van der Waals surface area contributed by atoms with Crippen molar-refractivity contribution >= 4 is 23.3 Å². The largest absolute Gasteiger partial charge is 0.311 e.